The number of methoxy groups -OCH3 is 1. The summed E-state index contributed by atoms with van der Waals surface area (Å²) in [6.07, 6.45) is 3.35. The van der Waals surface area contributed by atoms with Crippen LogP contribution in [0, 0.1) is 0 Å². The van der Waals surface area contributed by atoms with Crippen molar-refractivity contribution in [2.45, 2.75) is 57.7 Å². The molecule has 2 atom stereocenters. The first kappa shape index (κ1) is 23.9. The zero-order chi connectivity index (χ0) is 25.1. The summed E-state index contributed by atoms with van der Waals surface area (Å²) in [4.78, 5) is 28.3. The summed E-state index contributed by atoms with van der Waals surface area (Å²) in [6.45, 7) is 2.43. The molecule has 3 aromatic rings. The summed E-state index contributed by atoms with van der Waals surface area (Å²) in [6, 6.07) is 21.6. The number of nitrogens with zero attached hydrogens (tertiary/aromatic N) is 1. The highest BCUT2D eigenvalue weighted by Gasteiger charge is 2.36. The number of hydrogen-bond donors (Lipinski definition) is 1. The summed E-state index contributed by atoms with van der Waals surface area (Å²) in [5.74, 6) is 1.34. The minimum Gasteiger partial charge on any atom is -0.497 e. The van der Waals surface area contributed by atoms with Crippen molar-refractivity contribution < 1.29 is 19.1 Å². The Morgan fingerprint density at radius 1 is 1.08 bits per heavy atom. The fourth-order valence-electron chi connectivity index (χ4n) is 5.29. The number of ether oxygens (including phenoxy) is 2. The fourth-order valence-corrected chi connectivity index (χ4v) is 5.29. The lowest BCUT2D eigenvalue weighted by Gasteiger charge is -2.36. The lowest BCUT2D eigenvalue weighted by molar-refractivity contribution is -0.141. The molecule has 0 saturated carbocycles. The Morgan fingerprint density at radius 2 is 1.94 bits per heavy atom. The quantitative estimate of drug-likeness (QED) is 0.505. The molecule has 0 radical (unpaired) electrons. The van der Waals surface area contributed by atoms with Gasteiger partial charge in [-0.2, -0.15) is 0 Å². The van der Waals surface area contributed by atoms with Gasteiger partial charge in [0.15, 0.2) is 6.10 Å². The minimum atomic E-state index is -0.520. The van der Waals surface area contributed by atoms with Crippen molar-refractivity contribution in [1.29, 1.82) is 0 Å². The molecule has 0 saturated heterocycles. The number of carbonyl (C=O) groups is 2. The van der Waals surface area contributed by atoms with Crippen molar-refractivity contribution in [3.05, 3.63) is 89.0 Å². The third kappa shape index (κ3) is 4.94. The van der Waals surface area contributed by atoms with E-state index in [9.17, 15) is 9.59 Å². The van der Waals surface area contributed by atoms with E-state index in [2.05, 4.69) is 29.6 Å². The highest BCUT2D eigenvalue weighted by Crippen LogP contribution is 2.39. The van der Waals surface area contributed by atoms with Crippen LogP contribution in [0.25, 0.3) is 0 Å². The second kappa shape index (κ2) is 10.4. The largest absolute Gasteiger partial charge is 0.497 e. The van der Waals surface area contributed by atoms with Gasteiger partial charge in [0.1, 0.15) is 11.5 Å². The fraction of sp³-hybridized carbons (Fsp3) is 0.333. The third-order valence-electron chi connectivity index (χ3n) is 7.10. The van der Waals surface area contributed by atoms with Gasteiger partial charge in [0.05, 0.1) is 26.1 Å². The van der Waals surface area contributed by atoms with E-state index in [4.69, 9.17) is 9.47 Å². The molecule has 5 rings (SSSR count). The van der Waals surface area contributed by atoms with Crippen molar-refractivity contribution >= 4 is 17.5 Å². The lowest BCUT2D eigenvalue weighted by Crippen LogP contribution is -2.42. The second-order valence-electron chi connectivity index (χ2n) is 9.49. The number of benzene rings is 3. The highest BCUT2D eigenvalue weighted by atomic mass is 16.5. The zero-order valence-electron chi connectivity index (χ0n) is 20.8. The van der Waals surface area contributed by atoms with Gasteiger partial charge in [0, 0.05) is 11.3 Å². The lowest BCUT2D eigenvalue weighted by atomic mass is 9.86. The minimum absolute atomic E-state index is 0.0253. The molecule has 0 fully saturated rings. The van der Waals surface area contributed by atoms with E-state index in [1.54, 1.807) is 7.11 Å². The molecule has 0 unspecified atom stereocenters. The maximum Gasteiger partial charge on any atom is 0.264 e. The zero-order valence-corrected chi connectivity index (χ0v) is 20.8. The molecule has 0 aromatic heterocycles. The van der Waals surface area contributed by atoms with Crippen LogP contribution in [-0.2, 0) is 29.0 Å². The van der Waals surface area contributed by atoms with Gasteiger partial charge < -0.3 is 19.7 Å². The van der Waals surface area contributed by atoms with Gasteiger partial charge in [-0.05, 0) is 72.7 Å². The third-order valence-corrected chi connectivity index (χ3v) is 7.10. The number of fused-ring (bicyclic) bond motifs is 2. The molecule has 0 spiro atoms. The van der Waals surface area contributed by atoms with Gasteiger partial charge in [-0.1, -0.05) is 43.3 Å². The summed E-state index contributed by atoms with van der Waals surface area (Å²) in [5, 5.41) is 3.01. The maximum absolute atomic E-state index is 13.6. The number of anilines is 1. The standard InChI is InChI=1S/C30H32N2O4/c1-3-27-30(34)32(26-13-7-10-21-9-4-5-12-25(21)26)19-22-18-23(14-15-28(22)36-27)31-29(33)17-20-8-6-11-24(16-20)35-2/h4-6,8-9,11-12,14-16,18,26-27H,3,7,10,13,17,19H2,1-2H3,(H,31,33)/t26-,27+/m1/s1. The predicted octanol–water partition coefficient (Wildman–Crippen LogP) is 5.45. The van der Waals surface area contributed by atoms with E-state index in [1.165, 1.54) is 11.1 Å². The monoisotopic (exact) mass is 484 g/mol. The molecular formula is C30H32N2O4. The maximum atomic E-state index is 13.6. The van der Waals surface area contributed by atoms with Gasteiger partial charge in [-0.15, -0.1) is 0 Å². The highest BCUT2D eigenvalue weighted by molar-refractivity contribution is 5.92. The normalized spacial score (nSPS) is 18.9. The van der Waals surface area contributed by atoms with Crippen LogP contribution in [0.4, 0.5) is 5.69 Å². The van der Waals surface area contributed by atoms with Gasteiger partial charge in [0.2, 0.25) is 5.91 Å². The van der Waals surface area contributed by atoms with Gasteiger partial charge in [0.25, 0.3) is 5.91 Å². The first-order chi connectivity index (χ1) is 17.6. The van der Waals surface area contributed by atoms with E-state index in [1.807, 2.05) is 54.3 Å². The van der Waals surface area contributed by atoms with E-state index >= 15 is 0 Å². The Hall–Kier alpha value is -3.80. The van der Waals surface area contributed by atoms with E-state index in [0.29, 0.717) is 24.4 Å². The Kier molecular flexibility index (Phi) is 6.94. The molecule has 6 heteroatoms. The van der Waals surface area contributed by atoms with Crippen LogP contribution in [0.15, 0.2) is 66.7 Å². The second-order valence-corrected chi connectivity index (χ2v) is 9.49. The van der Waals surface area contributed by atoms with Crippen LogP contribution in [0.5, 0.6) is 11.5 Å². The average Bonchev–Trinajstić information content (AvgIpc) is 3.04. The summed E-state index contributed by atoms with van der Waals surface area (Å²) >= 11 is 0. The molecule has 0 bridgehead atoms. The van der Waals surface area contributed by atoms with E-state index in [-0.39, 0.29) is 24.3 Å². The van der Waals surface area contributed by atoms with Crippen LogP contribution in [0.2, 0.25) is 0 Å². The molecule has 1 N–H and O–H groups in total. The Bertz CT molecular complexity index is 1270. The van der Waals surface area contributed by atoms with Crippen LogP contribution >= 0.6 is 0 Å². The van der Waals surface area contributed by atoms with Crippen molar-refractivity contribution in [2.75, 3.05) is 12.4 Å². The first-order valence-corrected chi connectivity index (χ1v) is 12.7. The van der Waals surface area contributed by atoms with Gasteiger partial charge in [-0.3, -0.25) is 9.59 Å². The Balaban J connectivity index is 1.39. The average molecular weight is 485 g/mol. The van der Waals surface area contributed by atoms with E-state index in [0.717, 1.165) is 36.1 Å². The first-order valence-electron chi connectivity index (χ1n) is 12.7. The number of amides is 2. The van der Waals surface area contributed by atoms with Crippen molar-refractivity contribution in [2.24, 2.45) is 0 Å². The predicted molar refractivity (Wildman–Crippen MR) is 139 cm³/mol. The topological polar surface area (TPSA) is 67.9 Å². The molecule has 36 heavy (non-hydrogen) atoms. The van der Waals surface area contributed by atoms with Crippen molar-refractivity contribution in [3.8, 4) is 11.5 Å². The SMILES string of the molecule is CC[C@@H]1Oc2ccc(NC(=O)Cc3cccc(OC)c3)cc2CN([C@@H]2CCCc3ccccc32)C1=O. The summed E-state index contributed by atoms with van der Waals surface area (Å²) < 4.78 is 11.5. The van der Waals surface area contributed by atoms with Crippen molar-refractivity contribution in [1.82, 2.24) is 4.90 Å². The van der Waals surface area contributed by atoms with Crippen molar-refractivity contribution in [3.63, 3.8) is 0 Å². The molecular weight excluding hydrogens is 452 g/mol. The van der Waals surface area contributed by atoms with Crippen LogP contribution < -0.4 is 14.8 Å². The summed E-state index contributed by atoms with van der Waals surface area (Å²) in [5.41, 5.74) is 5.03. The number of aryl methyl sites for hydroxylation is 1. The number of hydrogen-bond acceptors (Lipinski definition) is 4. The number of rotatable bonds is 6. The van der Waals surface area contributed by atoms with Crippen LogP contribution in [0.3, 0.4) is 0 Å². The molecule has 1 aliphatic heterocycles. The van der Waals surface area contributed by atoms with Crippen LogP contribution in [0.1, 0.15) is 54.5 Å². The molecule has 6 nitrogen and oxygen atoms in total. The molecule has 186 valence electrons. The van der Waals surface area contributed by atoms with Crippen LogP contribution in [-0.4, -0.2) is 29.9 Å². The molecule has 1 heterocycles. The molecule has 2 aliphatic rings. The van der Waals surface area contributed by atoms with Gasteiger partial charge in [-0.25, -0.2) is 0 Å². The smallest absolute Gasteiger partial charge is 0.264 e. The van der Waals surface area contributed by atoms with E-state index < -0.39 is 6.10 Å². The Labute approximate surface area is 212 Å². The number of carbonyl (C=O) groups excluding carboxylic acids is 2. The molecule has 3 aromatic carbocycles. The van der Waals surface area contributed by atoms with Gasteiger partial charge >= 0.3 is 0 Å². The molecule has 2 amide bonds. The summed E-state index contributed by atoms with van der Waals surface area (Å²) in [7, 11) is 1.61. The number of nitrogens with one attached hydrogen (secondary N) is 1. The Morgan fingerprint density at radius 3 is 2.78 bits per heavy atom. The molecule has 1 aliphatic carbocycles.